The van der Waals surface area contributed by atoms with Gasteiger partial charge in [-0.1, -0.05) is 22.9 Å². The lowest BCUT2D eigenvalue weighted by Crippen LogP contribution is -2.26. The third-order valence-corrected chi connectivity index (χ3v) is 2.96. The Kier molecular flexibility index (Phi) is 4.80. The number of hydrogen-bond donors (Lipinski definition) is 2. The fourth-order valence-corrected chi connectivity index (χ4v) is 2.08. The second-order valence-electron chi connectivity index (χ2n) is 3.65. The van der Waals surface area contributed by atoms with Crippen molar-refractivity contribution in [2.45, 2.75) is 20.3 Å². The van der Waals surface area contributed by atoms with E-state index in [2.05, 4.69) is 34.7 Å². The molecule has 0 fully saturated rings. The monoisotopic (exact) mass is 283 g/mol. The molecule has 4 heteroatoms. The Bertz CT molecular complexity index is 377. The van der Waals surface area contributed by atoms with E-state index in [1.807, 2.05) is 18.2 Å². The van der Waals surface area contributed by atoms with E-state index in [4.69, 9.17) is 11.1 Å². The molecule has 16 heavy (non-hydrogen) atoms. The van der Waals surface area contributed by atoms with E-state index in [0.717, 1.165) is 35.2 Å². The number of benzene rings is 1. The Morgan fingerprint density at radius 1 is 1.44 bits per heavy atom. The number of nitrogens with two attached hydrogens (primary N) is 1. The maximum atomic E-state index is 7.60. The highest BCUT2D eigenvalue weighted by Crippen LogP contribution is 2.24. The van der Waals surface area contributed by atoms with Crippen molar-refractivity contribution < 1.29 is 0 Å². The van der Waals surface area contributed by atoms with Gasteiger partial charge < -0.3 is 10.6 Å². The summed E-state index contributed by atoms with van der Waals surface area (Å²) in [6.07, 6.45) is 1.08. The molecule has 0 aromatic heterocycles. The van der Waals surface area contributed by atoms with Crippen molar-refractivity contribution in [1.82, 2.24) is 0 Å². The molecule has 1 aromatic rings. The molecular weight excluding hydrogens is 266 g/mol. The molecule has 0 spiro atoms. The van der Waals surface area contributed by atoms with Gasteiger partial charge in [0.05, 0.1) is 0 Å². The van der Waals surface area contributed by atoms with Gasteiger partial charge in [0.15, 0.2) is 0 Å². The van der Waals surface area contributed by atoms with E-state index in [-0.39, 0.29) is 5.84 Å². The summed E-state index contributed by atoms with van der Waals surface area (Å²) in [5, 5.41) is 7.60. The molecule has 3 nitrogen and oxygen atoms in total. The number of nitrogens with one attached hydrogen (secondary N) is 1. The van der Waals surface area contributed by atoms with Gasteiger partial charge in [0.25, 0.3) is 0 Å². The summed E-state index contributed by atoms with van der Waals surface area (Å²) in [6, 6.07) is 5.90. The second kappa shape index (κ2) is 5.89. The number of nitrogen functional groups attached to an aromatic ring is 1. The summed E-state index contributed by atoms with van der Waals surface area (Å²) >= 11 is 3.40. The number of halogens is 1. The van der Waals surface area contributed by atoms with E-state index in [9.17, 15) is 0 Å². The largest absolute Gasteiger partial charge is 0.384 e. The van der Waals surface area contributed by atoms with Crippen LogP contribution in [0, 0.1) is 5.41 Å². The molecule has 0 saturated heterocycles. The Balaban J connectivity index is 3.14. The second-order valence-corrected chi connectivity index (χ2v) is 4.57. The number of amidine groups is 1. The third kappa shape index (κ3) is 2.98. The van der Waals surface area contributed by atoms with E-state index in [1.54, 1.807) is 0 Å². The quantitative estimate of drug-likeness (QED) is 0.645. The van der Waals surface area contributed by atoms with E-state index < -0.39 is 0 Å². The molecule has 0 heterocycles. The Labute approximate surface area is 105 Å². The highest BCUT2D eigenvalue weighted by molar-refractivity contribution is 9.10. The van der Waals surface area contributed by atoms with Crippen LogP contribution in [-0.2, 0) is 0 Å². The molecule has 1 rings (SSSR count). The summed E-state index contributed by atoms with van der Waals surface area (Å²) in [4.78, 5) is 2.24. The van der Waals surface area contributed by atoms with E-state index in [0.29, 0.717) is 0 Å². The molecule has 0 aliphatic carbocycles. The van der Waals surface area contributed by atoms with Gasteiger partial charge in [-0.25, -0.2) is 0 Å². The first-order valence-corrected chi connectivity index (χ1v) is 6.28. The van der Waals surface area contributed by atoms with Crippen molar-refractivity contribution in [3.05, 3.63) is 28.2 Å². The van der Waals surface area contributed by atoms with Gasteiger partial charge in [0, 0.05) is 28.8 Å². The zero-order valence-electron chi connectivity index (χ0n) is 9.76. The third-order valence-electron chi connectivity index (χ3n) is 2.46. The van der Waals surface area contributed by atoms with Gasteiger partial charge in [0.1, 0.15) is 5.84 Å². The maximum absolute atomic E-state index is 7.60. The van der Waals surface area contributed by atoms with Crippen LogP contribution in [0.3, 0.4) is 0 Å². The average Bonchev–Trinajstić information content (AvgIpc) is 2.26. The molecule has 0 radical (unpaired) electrons. The van der Waals surface area contributed by atoms with Gasteiger partial charge in [-0.15, -0.1) is 0 Å². The van der Waals surface area contributed by atoms with Crippen molar-refractivity contribution in [2.75, 3.05) is 18.0 Å². The van der Waals surface area contributed by atoms with Crippen LogP contribution in [0.2, 0.25) is 0 Å². The van der Waals surface area contributed by atoms with Crippen LogP contribution in [0.4, 0.5) is 5.69 Å². The molecule has 1 aromatic carbocycles. The number of anilines is 1. The van der Waals surface area contributed by atoms with Crippen LogP contribution in [0.5, 0.6) is 0 Å². The topological polar surface area (TPSA) is 53.1 Å². The number of hydrogen-bond acceptors (Lipinski definition) is 2. The van der Waals surface area contributed by atoms with E-state index >= 15 is 0 Å². The lowest BCUT2D eigenvalue weighted by atomic mass is 10.1. The Morgan fingerprint density at radius 3 is 2.62 bits per heavy atom. The Hall–Kier alpha value is -1.03. The summed E-state index contributed by atoms with van der Waals surface area (Å²) in [5.41, 5.74) is 7.45. The lowest BCUT2D eigenvalue weighted by Gasteiger charge is -2.25. The SMILES string of the molecule is CCCN(CC)c1ccc(Br)cc1C(=N)N. The molecular formula is C12H18BrN3. The molecule has 0 bridgehead atoms. The fourth-order valence-electron chi connectivity index (χ4n) is 1.72. The molecule has 88 valence electrons. The van der Waals surface area contributed by atoms with Crippen molar-refractivity contribution in [3.8, 4) is 0 Å². The minimum Gasteiger partial charge on any atom is -0.384 e. The average molecular weight is 284 g/mol. The first-order valence-electron chi connectivity index (χ1n) is 5.49. The zero-order valence-corrected chi connectivity index (χ0v) is 11.3. The number of nitrogens with zero attached hydrogens (tertiary/aromatic N) is 1. The fraction of sp³-hybridized carbons (Fsp3) is 0.417. The summed E-state index contributed by atoms with van der Waals surface area (Å²) in [5.74, 6) is 0.117. The van der Waals surface area contributed by atoms with Crippen LogP contribution in [0.1, 0.15) is 25.8 Å². The van der Waals surface area contributed by atoms with Crippen LogP contribution in [-0.4, -0.2) is 18.9 Å². The lowest BCUT2D eigenvalue weighted by molar-refractivity contribution is 0.791. The van der Waals surface area contributed by atoms with Crippen LogP contribution < -0.4 is 10.6 Å². The van der Waals surface area contributed by atoms with Crippen molar-refractivity contribution >= 4 is 27.5 Å². The van der Waals surface area contributed by atoms with Crippen LogP contribution in [0.25, 0.3) is 0 Å². The first kappa shape index (κ1) is 13.0. The smallest absolute Gasteiger partial charge is 0.124 e. The van der Waals surface area contributed by atoms with E-state index in [1.165, 1.54) is 0 Å². The minimum absolute atomic E-state index is 0.117. The molecule has 0 aliphatic rings. The van der Waals surface area contributed by atoms with Gasteiger partial charge in [-0.05, 0) is 31.5 Å². The molecule has 0 unspecified atom stereocenters. The summed E-state index contributed by atoms with van der Waals surface area (Å²) < 4.78 is 0.953. The standard InChI is InChI=1S/C12H18BrN3/c1-3-7-16(4-2)11-6-5-9(13)8-10(11)12(14)15/h5-6,8H,3-4,7H2,1-2H3,(H3,14,15). The molecule has 0 atom stereocenters. The zero-order chi connectivity index (χ0) is 12.1. The highest BCUT2D eigenvalue weighted by atomic mass is 79.9. The Morgan fingerprint density at radius 2 is 2.12 bits per heavy atom. The number of rotatable bonds is 5. The minimum atomic E-state index is 0.117. The highest BCUT2D eigenvalue weighted by Gasteiger charge is 2.11. The molecule has 0 saturated carbocycles. The van der Waals surface area contributed by atoms with Crippen molar-refractivity contribution in [2.24, 2.45) is 5.73 Å². The van der Waals surface area contributed by atoms with Gasteiger partial charge in [-0.3, -0.25) is 5.41 Å². The normalized spacial score (nSPS) is 10.2. The molecule has 0 amide bonds. The predicted molar refractivity (Wildman–Crippen MR) is 73.3 cm³/mol. The van der Waals surface area contributed by atoms with Crippen LogP contribution >= 0.6 is 15.9 Å². The van der Waals surface area contributed by atoms with Crippen LogP contribution in [0.15, 0.2) is 22.7 Å². The van der Waals surface area contributed by atoms with Crippen molar-refractivity contribution in [3.63, 3.8) is 0 Å². The van der Waals surface area contributed by atoms with Crippen molar-refractivity contribution in [1.29, 1.82) is 5.41 Å². The molecule has 0 aliphatic heterocycles. The van der Waals surface area contributed by atoms with Gasteiger partial charge in [-0.2, -0.15) is 0 Å². The maximum Gasteiger partial charge on any atom is 0.124 e. The first-order chi connectivity index (χ1) is 7.60. The van der Waals surface area contributed by atoms with Gasteiger partial charge >= 0.3 is 0 Å². The summed E-state index contributed by atoms with van der Waals surface area (Å²) in [6.45, 7) is 6.17. The molecule has 3 N–H and O–H groups in total. The predicted octanol–water partition coefficient (Wildman–Crippen LogP) is 2.97. The summed E-state index contributed by atoms with van der Waals surface area (Å²) in [7, 11) is 0. The van der Waals surface area contributed by atoms with Gasteiger partial charge in [0.2, 0.25) is 0 Å².